The number of nitrogen functional groups attached to an aromatic ring is 1. The van der Waals surface area contributed by atoms with Gasteiger partial charge in [-0.15, -0.1) is 0 Å². The SMILES string of the molecule is NNc1nc(NCc2ccccc2Cl)c2cn[nH]c2n1. The number of fused-ring (bicyclic) bond motifs is 1. The van der Waals surface area contributed by atoms with Gasteiger partial charge in [0.15, 0.2) is 5.65 Å². The minimum Gasteiger partial charge on any atom is -0.365 e. The standard InChI is InChI=1S/C12H12ClN7/c13-9-4-2-1-3-7(9)5-15-10-8-6-16-20-11(8)18-12(17-10)19-14/h1-4,6H,5,14H2,(H3,15,16,17,18,19,20). The predicted molar refractivity (Wildman–Crippen MR) is 78.3 cm³/mol. The summed E-state index contributed by atoms with van der Waals surface area (Å²) >= 11 is 6.12. The van der Waals surface area contributed by atoms with Crippen LogP contribution in [0.2, 0.25) is 5.02 Å². The first-order valence-electron chi connectivity index (χ1n) is 5.93. The van der Waals surface area contributed by atoms with Crippen molar-refractivity contribution in [3.63, 3.8) is 0 Å². The van der Waals surface area contributed by atoms with Crippen LogP contribution in [0.4, 0.5) is 11.8 Å². The van der Waals surface area contributed by atoms with E-state index in [1.165, 1.54) is 0 Å². The Bertz CT molecular complexity index is 740. The summed E-state index contributed by atoms with van der Waals surface area (Å²) in [7, 11) is 0. The first-order chi connectivity index (χ1) is 9.78. The minimum absolute atomic E-state index is 0.309. The average Bonchev–Trinajstić information content (AvgIpc) is 2.94. The molecule has 2 heterocycles. The summed E-state index contributed by atoms with van der Waals surface area (Å²) in [5.74, 6) is 6.30. The molecule has 0 bridgehead atoms. The molecule has 0 amide bonds. The summed E-state index contributed by atoms with van der Waals surface area (Å²) in [6.07, 6.45) is 1.66. The van der Waals surface area contributed by atoms with Gasteiger partial charge in [0.1, 0.15) is 5.82 Å². The van der Waals surface area contributed by atoms with Crippen LogP contribution in [0.5, 0.6) is 0 Å². The number of nitrogens with two attached hydrogens (primary N) is 1. The third kappa shape index (κ3) is 2.36. The van der Waals surface area contributed by atoms with Crippen molar-refractivity contribution in [3.05, 3.63) is 41.0 Å². The lowest BCUT2D eigenvalue weighted by molar-refractivity contribution is 1.07. The second-order valence-electron chi connectivity index (χ2n) is 4.12. The number of nitrogens with one attached hydrogen (secondary N) is 3. The van der Waals surface area contributed by atoms with E-state index in [-0.39, 0.29) is 0 Å². The first-order valence-corrected chi connectivity index (χ1v) is 6.30. The molecule has 0 aliphatic carbocycles. The van der Waals surface area contributed by atoms with Crippen molar-refractivity contribution in [1.29, 1.82) is 0 Å². The lowest BCUT2D eigenvalue weighted by atomic mass is 10.2. The van der Waals surface area contributed by atoms with E-state index in [4.69, 9.17) is 17.4 Å². The molecule has 0 fully saturated rings. The summed E-state index contributed by atoms with van der Waals surface area (Å²) in [6.45, 7) is 0.543. The fourth-order valence-electron chi connectivity index (χ4n) is 1.85. The van der Waals surface area contributed by atoms with E-state index in [1.54, 1.807) is 6.20 Å². The molecule has 3 rings (SSSR count). The third-order valence-corrected chi connectivity index (χ3v) is 3.21. The van der Waals surface area contributed by atoms with Gasteiger partial charge in [-0.3, -0.25) is 10.5 Å². The zero-order chi connectivity index (χ0) is 13.9. The van der Waals surface area contributed by atoms with Crippen LogP contribution in [0.15, 0.2) is 30.5 Å². The highest BCUT2D eigenvalue weighted by Gasteiger charge is 2.09. The van der Waals surface area contributed by atoms with Crippen molar-refractivity contribution in [2.45, 2.75) is 6.54 Å². The quantitative estimate of drug-likeness (QED) is 0.432. The summed E-state index contributed by atoms with van der Waals surface area (Å²) in [4.78, 5) is 8.43. The Hall–Kier alpha value is -2.38. The highest BCUT2D eigenvalue weighted by Crippen LogP contribution is 2.21. The fourth-order valence-corrected chi connectivity index (χ4v) is 2.06. The Balaban J connectivity index is 1.90. The molecule has 2 aromatic heterocycles. The number of halogens is 1. The predicted octanol–water partition coefficient (Wildman–Crippen LogP) is 1.90. The zero-order valence-corrected chi connectivity index (χ0v) is 11.1. The van der Waals surface area contributed by atoms with Gasteiger partial charge < -0.3 is 5.32 Å². The Labute approximate surface area is 119 Å². The van der Waals surface area contributed by atoms with Crippen LogP contribution in [0.1, 0.15) is 5.56 Å². The van der Waals surface area contributed by atoms with E-state index in [2.05, 4.69) is 30.9 Å². The lowest BCUT2D eigenvalue weighted by Gasteiger charge is -2.09. The molecule has 3 aromatic rings. The molecule has 0 saturated heterocycles. The molecule has 8 heteroatoms. The van der Waals surface area contributed by atoms with Gasteiger partial charge in [-0.2, -0.15) is 15.1 Å². The molecule has 0 radical (unpaired) electrons. The topological polar surface area (TPSA) is 105 Å². The zero-order valence-electron chi connectivity index (χ0n) is 10.4. The van der Waals surface area contributed by atoms with Gasteiger partial charge in [0.05, 0.1) is 11.6 Å². The Kier molecular flexibility index (Phi) is 3.36. The van der Waals surface area contributed by atoms with Gasteiger partial charge in [0, 0.05) is 11.6 Å². The maximum absolute atomic E-state index is 6.12. The van der Waals surface area contributed by atoms with E-state index in [0.29, 0.717) is 29.0 Å². The number of hydrazine groups is 1. The highest BCUT2D eigenvalue weighted by atomic mass is 35.5. The van der Waals surface area contributed by atoms with Gasteiger partial charge in [-0.25, -0.2) is 5.84 Å². The first kappa shape index (κ1) is 12.6. The lowest BCUT2D eigenvalue weighted by Crippen LogP contribution is -2.12. The van der Waals surface area contributed by atoms with Gasteiger partial charge in [-0.05, 0) is 11.6 Å². The molecular weight excluding hydrogens is 278 g/mol. The molecule has 20 heavy (non-hydrogen) atoms. The number of H-pyrrole nitrogens is 1. The van der Waals surface area contributed by atoms with E-state index < -0.39 is 0 Å². The second-order valence-corrected chi connectivity index (χ2v) is 4.52. The van der Waals surface area contributed by atoms with Crippen molar-refractivity contribution in [1.82, 2.24) is 20.2 Å². The second kappa shape index (κ2) is 5.32. The van der Waals surface area contributed by atoms with E-state index in [9.17, 15) is 0 Å². The van der Waals surface area contributed by atoms with E-state index >= 15 is 0 Å². The Morgan fingerprint density at radius 2 is 2.10 bits per heavy atom. The number of hydrogen-bond acceptors (Lipinski definition) is 6. The normalized spacial score (nSPS) is 10.7. The van der Waals surface area contributed by atoms with Crippen LogP contribution < -0.4 is 16.6 Å². The van der Waals surface area contributed by atoms with Gasteiger partial charge in [0.2, 0.25) is 5.95 Å². The molecule has 0 atom stereocenters. The summed E-state index contributed by atoms with van der Waals surface area (Å²) in [6, 6.07) is 7.62. The van der Waals surface area contributed by atoms with Crippen molar-refractivity contribution in [2.75, 3.05) is 10.7 Å². The molecular formula is C12H12ClN7. The van der Waals surface area contributed by atoms with Crippen molar-refractivity contribution < 1.29 is 0 Å². The van der Waals surface area contributed by atoms with Crippen LogP contribution in [-0.2, 0) is 6.54 Å². The van der Waals surface area contributed by atoms with Crippen LogP contribution in [0, 0.1) is 0 Å². The third-order valence-electron chi connectivity index (χ3n) is 2.84. The maximum atomic E-state index is 6.12. The van der Waals surface area contributed by atoms with Gasteiger partial charge >= 0.3 is 0 Å². The molecule has 0 spiro atoms. The molecule has 5 N–H and O–H groups in total. The molecule has 102 valence electrons. The maximum Gasteiger partial charge on any atom is 0.241 e. The Morgan fingerprint density at radius 3 is 2.90 bits per heavy atom. The number of anilines is 2. The summed E-state index contributed by atoms with van der Waals surface area (Å²) in [5.41, 5.74) is 4.01. The summed E-state index contributed by atoms with van der Waals surface area (Å²) in [5, 5.41) is 11.4. The van der Waals surface area contributed by atoms with Crippen molar-refractivity contribution in [2.24, 2.45) is 5.84 Å². The van der Waals surface area contributed by atoms with Gasteiger partial charge in [0.25, 0.3) is 0 Å². The van der Waals surface area contributed by atoms with Gasteiger partial charge in [-0.1, -0.05) is 29.8 Å². The fraction of sp³-hybridized carbons (Fsp3) is 0.0833. The van der Waals surface area contributed by atoms with Crippen LogP contribution >= 0.6 is 11.6 Å². The smallest absolute Gasteiger partial charge is 0.241 e. The van der Waals surface area contributed by atoms with Crippen LogP contribution in [0.3, 0.4) is 0 Å². The summed E-state index contributed by atoms with van der Waals surface area (Å²) < 4.78 is 0. The number of benzene rings is 1. The molecule has 0 unspecified atom stereocenters. The van der Waals surface area contributed by atoms with E-state index in [1.807, 2.05) is 24.3 Å². The number of aromatic nitrogens is 4. The van der Waals surface area contributed by atoms with Crippen molar-refractivity contribution in [3.8, 4) is 0 Å². The number of hydrogen-bond donors (Lipinski definition) is 4. The largest absolute Gasteiger partial charge is 0.365 e. The van der Waals surface area contributed by atoms with Crippen molar-refractivity contribution >= 4 is 34.4 Å². The number of rotatable bonds is 4. The number of aromatic amines is 1. The van der Waals surface area contributed by atoms with Crippen LogP contribution in [-0.4, -0.2) is 20.2 Å². The minimum atomic E-state index is 0.309. The van der Waals surface area contributed by atoms with E-state index in [0.717, 1.165) is 10.9 Å². The number of nitrogens with zero attached hydrogens (tertiary/aromatic N) is 3. The molecule has 7 nitrogen and oxygen atoms in total. The van der Waals surface area contributed by atoms with Crippen LogP contribution in [0.25, 0.3) is 11.0 Å². The average molecular weight is 290 g/mol. The molecule has 0 saturated carbocycles. The molecule has 0 aliphatic rings. The monoisotopic (exact) mass is 289 g/mol. The highest BCUT2D eigenvalue weighted by molar-refractivity contribution is 6.31. The Morgan fingerprint density at radius 1 is 1.25 bits per heavy atom. The molecule has 0 aliphatic heterocycles. The molecule has 1 aromatic carbocycles.